The van der Waals surface area contributed by atoms with Crippen LogP contribution in [-0.4, -0.2) is 22.4 Å². The van der Waals surface area contributed by atoms with Gasteiger partial charge in [0.1, 0.15) is 5.82 Å². The van der Waals surface area contributed by atoms with Crippen LogP contribution in [0.2, 0.25) is 0 Å². The molecule has 1 aliphatic heterocycles. The summed E-state index contributed by atoms with van der Waals surface area (Å²) in [6, 6.07) is 9.85. The van der Waals surface area contributed by atoms with Crippen LogP contribution in [0, 0.1) is 6.92 Å². The summed E-state index contributed by atoms with van der Waals surface area (Å²) in [5, 5.41) is 3.34. The first-order valence-electron chi connectivity index (χ1n) is 7.15. The molecule has 0 bridgehead atoms. The van der Waals surface area contributed by atoms with Crippen LogP contribution in [0.3, 0.4) is 0 Å². The van der Waals surface area contributed by atoms with Gasteiger partial charge in [0, 0.05) is 30.5 Å². The third-order valence-electron chi connectivity index (χ3n) is 3.54. The number of carbonyl (C=O) groups excluding carboxylic acids is 1. The Hall–Kier alpha value is -2.43. The van der Waals surface area contributed by atoms with Crippen molar-refractivity contribution in [2.45, 2.75) is 26.3 Å². The normalized spacial score (nSPS) is 14.5. The molecule has 1 N–H and O–H groups in total. The van der Waals surface area contributed by atoms with E-state index in [1.165, 1.54) is 0 Å². The first-order chi connectivity index (χ1) is 10.2. The molecule has 0 aliphatic carbocycles. The van der Waals surface area contributed by atoms with E-state index >= 15 is 0 Å². The topological polar surface area (TPSA) is 58.1 Å². The van der Waals surface area contributed by atoms with Gasteiger partial charge in [0.05, 0.1) is 12.2 Å². The number of rotatable bonds is 4. The van der Waals surface area contributed by atoms with E-state index in [2.05, 4.69) is 15.3 Å². The van der Waals surface area contributed by atoms with Gasteiger partial charge in [0.2, 0.25) is 5.91 Å². The maximum Gasteiger partial charge on any atom is 0.227 e. The lowest BCUT2D eigenvalue weighted by atomic mass is 10.2. The van der Waals surface area contributed by atoms with Gasteiger partial charge in [-0.05, 0) is 37.6 Å². The van der Waals surface area contributed by atoms with Gasteiger partial charge in [0.15, 0.2) is 0 Å². The molecule has 1 fully saturated rings. The lowest BCUT2D eigenvalue weighted by molar-refractivity contribution is -0.117. The van der Waals surface area contributed by atoms with Crippen molar-refractivity contribution in [2.24, 2.45) is 0 Å². The van der Waals surface area contributed by atoms with Gasteiger partial charge < -0.3 is 10.2 Å². The molecule has 1 saturated heterocycles. The van der Waals surface area contributed by atoms with E-state index in [1.54, 1.807) is 6.20 Å². The van der Waals surface area contributed by atoms with Crippen LogP contribution in [0.5, 0.6) is 0 Å². The second kappa shape index (κ2) is 5.91. The third-order valence-corrected chi connectivity index (χ3v) is 3.54. The van der Waals surface area contributed by atoms with E-state index < -0.39 is 0 Å². The Kier molecular flexibility index (Phi) is 3.81. The van der Waals surface area contributed by atoms with Gasteiger partial charge in [-0.25, -0.2) is 9.97 Å². The van der Waals surface area contributed by atoms with Crippen LogP contribution in [0.4, 0.5) is 11.4 Å². The van der Waals surface area contributed by atoms with Crippen molar-refractivity contribution in [3.8, 4) is 0 Å². The number of nitrogens with zero attached hydrogens (tertiary/aromatic N) is 3. The number of hydrogen-bond acceptors (Lipinski definition) is 4. The Bertz CT molecular complexity index is 656. The summed E-state index contributed by atoms with van der Waals surface area (Å²) in [5.74, 6) is 0.976. The van der Waals surface area contributed by atoms with Crippen molar-refractivity contribution >= 4 is 17.3 Å². The fourth-order valence-electron chi connectivity index (χ4n) is 2.50. The average molecular weight is 282 g/mol. The van der Waals surface area contributed by atoms with E-state index in [0.717, 1.165) is 35.9 Å². The smallest absolute Gasteiger partial charge is 0.227 e. The molecule has 5 nitrogen and oxygen atoms in total. The fourth-order valence-corrected chi connectivity index (χ4v) is 2.50. The van der Waals surface area contributed by atoms with Crippen molar-refractivity contribution in [3.63, 3.8) is 0 Å². The quantitative estimate of drug-likeness (QED) is 0.936. The van der Waals surface area contributed by atoms with Crippen molar-refractivity contribution < 1.29 is 4.79 Å². The highest BCUT2D eigenvalue weighted by atomic mass is 16.2. The Morgan fingerprint density at radius 2 is 2.24 bits per heavy atom. The zero-order valence-electron chi connectivity index (χ0n) is 12.0. The Labute approximate surface area is 124 Å². The van der Waals surface area contributed by atoms with Crippen molar-refractivity contribution in [2.75, 3.05) is 16.8 Å². The van der Waals surface area contributed by atoms with E-state index in [1.807, 2.05) is 42.2 Å². The van der Waals surface area contributed by atoms with Crippen molar-refractivity contribution in [1.29, 1.82) is 0 Å². The van der Waals surface area contributed by atoms with Crippen molar-refractivity contribution in [3.05, 3.63) is 48.0 Å². The molecule has 3 rings (SSSR count). The highest BCUT2D eigenvalue weighted by Crippen LogP contribution is 2.24. The minimum atomic E-state index is 0.207. The molecule has 0 atom stereocenters. The zero-order chi connectivity index (χ0) is 14.7. The van der Waals surface area contributed by atoms with Crippen LogP contribution < -0.4 is 10.2 Å². The van der Waals surface area contributed by atoms with Crippen molar-refractivity contribution in [1.82, 2.24) is 9.97 Å². The molecule has 5 heteroatoms. The first kappa shape index (κ1) is 13.5. The molecule has 1 aromatic carbocycles. The standard InChI is InChI=1S/C16H18N4O/c1-12-17-8-7-14(19-12)11-18-13-4-2-5-15(10-13)20-9-3-6-16(20)21/h2,4-5,7-8,10,18H,3,6,9,11H2,1H3. The molecule has 2 heterocycles. The number of anilines is 2. The predicted molar refractivity (Wildman–Crippen MR) is 82.1 cm³/mol. The van der Waals surface area contributed by atoms with Crippen LogP contribution >= 0.6 is 0 Å². The van der Waals surface area contributed by atoms with Crippen LogP contribution in [0.25, 0.3) is 0 Å². The van der Waals surface area contributed by atoms with E-state index in [0.29, 0.717) is 13.0 Å². The monoisotopic (exact) mass is 282 g/mol. The number of benzene rings is 1. The van der Waals surface area contributed by atoms with E-state index in [4.69, 9.17) is 0 Å². The molecule has 1 aliphatic rings. The molecule has 0 radical (unpaired) electrons. The molecule has 1 aromatic heterocycles. The average Bonchev–Trinajstić information content (AvgIpc) is 2.92. The number of hydrogen-bond donors (Lipinski definition) is 1. The molecule has 1 amide bonds. The van der Waals surface area contributed by atoms with Gasteiger partial charge in [-0.15, -0.1) is 0 Å². The summed E-state index contributed by atoms with van der Waals surface area (Å²) in [4.78, 5) is 22.1. The largest absolute Gasteiger partial charge is 0.379 e. The maximum absolute atomic E-state index is 11.8. The molecule has 0 unspecified atom stereocenters. The number of aromatic nitrogens is 2. The molecular weight excluding hydrogens is 264 g/mol. The Morgan fingerprint density at radius 1 is 1.33 bits per heavy atom. The molecule has 108 valence electrons. The van der Waals surface area contributed by atoms with E-state index in [-0.39, 0.29) is 5.91 Å². The Morgan fingerprint density at radius 3 is 3.00 bits per heavy atom. The van der Waals surface area contributed by atoms with Crippen LogP contribution in [0.15, 0.2) is 36.5 Å². The van der Waals surface area contributed by atoms with Gasteiger partial charge >= 0.3 is 0 Å². The molecule has 2 aromatic rings. The SMILES string of the molecule is Cc1nccc(CNc2cccc(N3CCCC3=O)c2)n1. The summed E-state index contributed by atoms with van der Waals surface area (Å²) < 4.78 is 0. The predicted octanol–water partition coefficient (Wildman–Crippen LogP) is 2.52. The number of aryl methyl sites for hydroxylation is 1. The maximum atomic E-state index is 11.8. The summed E-state index contributed by atoms with van der Waals surface area (Å²) in [6.45, 7) is 3.33. The lowest BCUT2D eigenvalue weighted by Gasteiger charge is -2.17. The van der Waals surface area contributed by atoms with Crippen LogP contribution in [0.1, 0.15) is 24.4 Å². The molecule has 0 saturated carbocycles. The summed E-state index contributed by atoms with van der Waals surface area (Å²) >= 11 is 0. The second-order valence-electron chi connectivity index (χ2n) is 5.15. The summed E-state index contributed by atoms with van der Waals surface area (Å²) in [6.07, 6.45) is 3.35. The van der Waals surface area contributed by atoms with Gasteiger partial charge in [-0.1, -0.05) is 6.07 Å². The number of nitrogens with one attached hydrogen (secondary N) is 1. The minimum absolute atomic E-state index is 0.207. The van der Waals surface area contributed by atoms with Gasteiger partial charge in [-0.2, -0.15) is 0 Å². The molecular formula is C16H18N4O. The summed E-state index contributed by atoms with van der Waals surface area (Å²) in [5.41, 5.74) is 2.90. The minimum Gasteiger partial charge on any atom is -0.379 e. The lowest BCUT2D eigenvalue weighted by Crippen LogP contribution is -2.23. The Balaban J connectivity index is 1.70. The number of amides is 1. The summed E-state index contributed by atoms with van der Waals surface area (Å²) in [7, 11) is 0. The highest BCUT2D eigenvalue weighted by molar-refractivity contribution is 5.95. The third kappa shape index (κ3) is 3.18. The van der Waals surface area contributed by atoms with Crippen LogP contribution in [-0.2, 0) is 11.3 Å². The zero-order valence-corrected chi connectivity index (χ0v) is 12.0. The van der Waals surface area contributed by atoms with Gasteiger partial charge in [0.25, 0.3) is 0 Å². The molecule has 0 spiro atoms. The first-order valence-corrected chi connectivity index (χ1v) is 7.15. The second-order valence-corrected chi connectivity index (χ2v) is 5.15. The number of carbonyl (C=O) groups is 1. The highest BCUT2D eigenvalue weighted by Gasteiger charge is 2.21. The van der Waals surface area contributed by atoms with E-state index in [9.17, 15) is 4.79 Å². The fraction of sp³-hybridized carbons (Fsp3) is 0.312. The molecule has 21 heavy (non-hydrogen) atoms. The van der Waals surface area contributed by atoms with Gasteiger partial charge in [-0.3, -0.25) is 4.79 Å².